The minimum atomic E-state index is -0.371. The molecule has 0 bridgehead atoms. The fourth-order valence-corrected chi connectivity index (χ4v) is 3.75. The van der Waals surface area contributed by atoms with Gasteiger partial charge in [0.1, 0.15) is 0 Å². The Bertz CT molecular complexity index is 521. The van der Waals surface area contributed by atoms with E-state index in [9.17, 15) is 5.11 Å². The Morgan fingerprint density at radius 1 is 1.05 bits per heavy atom. The molecule has 1 N–H and O–H groups in total. The van der Waals surface area contributed by atoms with Gasteiger partial charge in [-0.1, -0.05) is 17.7 Å². The lowest BCUT2D eigenvalue weighted by Gasteiger charge is -2.27. The molecule has 0 spiro atoms. The van der Waals surface area contributed by atoms with Gasteiger partial charge in [-0.25, -0.2) is 0 Å². The van der Waals surface area contributed by atoms with Crippen molar-refractivity contribution in [1.29, 1.82) is 0 Å². The van der Waals surface area contributed by atoms with E-state index >= 15 is 0 Å². The number of hydrogen-bond donors (Lipinski definition) is 1. The predicted molar refractivity (Wildman–Crippen MR) is 77.3 cm³/mol. The molecule has 0 radical (unpaired) electrons. The van der Waals surface area contributed by atoms with Crippen LogP contribution in [0.2, 0.25) is 0 Å². The summed E-state index contributed by atoms with van der Waals surface area (Å²) in [5.41, 5.74) is 5.27. The average molecular weight is 255 g/mol. The minimum absolute atomic E-state index is 0.371. The summed E-state index contributed by atoms with van der Waals surface area (Å²) in [6.45, 7) is 4.17. The average Bonchev–Trinajstić information content (AvgIpc) is 3.10. The first-order valence-corrected chi connectivity index (χ1v) is 7.38. The number of aliphatic hydroxyl groups is 1. The van der Waals surface area contributed by atoms with E-state index in [-0.39, 0.29) is 5.60 Å². The van der Waals surface area contributed by atoms with E-state index in [0.717, 1.165) is 25.9 Å². The van der Waals surface area contributed by atoms with Gasteiger partial charge in [0.25, 0.3) is 0 Å². The summed E-state index contributed by atoms with van der Waals surface area (Å²) in [6.07, 6.45) is 4.32. The van der Waals surface area contributed by atoms with Crippen LogP contribution in [0, 0.1) is 12.8 Å². The van der Waals surface area contributed by atoms with Crippen molar-refractivity contribution >= 4 is 5.69 Å². The fraction of sp³-hybridized carbons (Fsp3) is 0.529. The second kappa shape index (κ2) is 3.86. The molecule has 0 unspecified atom stereocenters. The summed E-state index contributed by atoms with van der Waals surface area (Å²) < 4.78 is 0. The second-order valence-corrected chi connectivity index (χ2v) is 6.63. The van der Waals surface area contributed by atoms with Gasteiger partial charge in [0.2, 0.25) is 0 Å². The first-order valence-electron chi connectivity index (χ1n) is 7.38. The van der Waals surface area contributed by atoms with Crippen LogP contribution >= 0.6 is 0 Å². The molecule has 4 rings (SSSR count). The Morgan fingerprint density at radius 2 is 1.63 bits per heavy atom. The molecule has 19 heavy (non-hydrogen) atoms. The smallest absolute Gasteiger partial charge is 0.0751 e. The van der Waals surface area contributed by atoms with Crippen LogP contribution in [0.15, 0.2) is 35.4 Å². The van der Waals surface area contributed by atoms with Gasteiger partial charge in [0.15, 0.2) is 0 Å². The lowest BCUT2D eigenvalue weighted by Crippen LogP contribution is -2.32. The zero-order valence-electron chi connectivity index (χ0n) is 11.5. The Morgan fingerprint density at radius 3 is 2.16 bits per heavy atom. The van der Waals surface area contributed by atoms with Gasteiger partial charge in [-0.15, -0.1) is 0 Å². The Kier molecular flexibility index (Phi) is 2.34. The number of anilines is 1. The lowest BCUT2D eigenvalue weighted by atomic mass is 9.92. The molecule has 2 heteroatoms. The zero-order valence-corrected chi connectivity index (χ0v) is 11.5. The monoisotopic (exact) mass is 255 g/mol. The van der Waals surface area contributed by atoms with Gasteiger partial charge >= 0.3 is 0 Å². The van der Waals surface area contributed by atoms with Gasteiger partial charge in [-0.3, -0.25) is 0 Å². The van der Waals surface area contributed by atoms with E-state index in [1.54, 1.807) is 0 Å². The summed E-state index contributed by atoms with van der Waals surface area (Å²) in [5.74, 6) is 0.589. The first-order chi connectivity index (χ1) is 9.14. The van der Waals surface area contributed by atoms with Crippen molar-refractivity contribution in [2.75, 3.05) is 18.0 Å². The quantitative estimate of drug-likeness (QED) is 0.821. The summed E-state index contributed by atoms with van der Waals surface area (Å²) in [6, 6.07) is 8.79. The van der Waals surface area contributed by atoms with Crippen molar-refractivity contribution in [1.82, 2.24) is 0 Å². The molecule has 1 aromatic rings. The molecular weight excluding hydrogens is 234 g/mol. The third kappa shape index (κ3) is 1.90. The third-order valence-corrected chi connectivity index (χ3v) is 5.04. The standard InChI is InChI=1S/C17H21NO/c1-12-2-6-16(7-3-12)18-10-13-8-17(19,15-4-5-15)9-14(13)11-18/h2-3,6-7,15,19H,4-5,8-11H2,1H3. The van der Waals surface area contributed by atoms with Crippen LogP contribution in [-0.2, 0) is 0 Å². The van der Waals surface area contributed by atoms with Crippen molar-refractivity contribution in [3.05, 3.63) is 41.0 Å². The van der Waals surface area contributed by atoms with Crippen molar-refractivity contribution in [2.45, 2.75) is 38.2 Å². The molecule has 100 valence electrons. The highest BCUT2D eigenvalue weighted by Crippen LogP contribution is 2.51. The molecule has 1 fully saturated rings. The molecule has 2 nitrogen and oxygen atoms in total. The molecule has 3 aliphatic rings. The highest BCUT2D eigenvalue weighted by atomic mass is 16.3. The Hall–Kier alpha value is -1.28. The minimum Gasteiger partial charge on any atom is -0.389 e. The summed E-state index contributed by atoms with van der Waals surface area (Å²) in [5, 5.41) is 10.7. The highest BCUT2D eigenvalue weighted by molar-refractivity contribution is 5.54. The summed E-state index contributed by atoms with van der Waals surface area (Å²) in [4.78, 5) is 2.44. The van der Waals surface area contributed by atoms with Crippen LogP contribution < -0.4 is 4.90 Å². The van der Waals surface area contributed by atoms with Gasteiger partial charge < -0.3 is 10.0 Å². The molecule has 0 atom stereocenters. The SMILES string of the molecule is Cc1ccc(N2CC3=C(C2)CC(O)(C2CC2)C3)cc1. The van der Waals surface area contributed by atoms with E-state index < -0.39 is 0 Å². The van der Waals surface area contributed by atoms with E-state index in [1.807, 2.05) is 0 Å². The first kappa shape index (κ1) is 11.5. The Balaban J connectivity index is 1.48. The van der Waals surface area contributed by atoms with Crippen LogP contribution in [0.3, 0.4) is 0 Å². The Labute approximate surface area is 114 Å². The molecular formula is C17H21NO. The van der Waals surface area contributed by atoms with Gasteiger partial charge in [-0.2, -0.15) is 0 Å². The topological polar surface area (TPSA) is 23.5 Å². The lowest BCUT2D eigenvalue weighted by molar-refractivity contribution is 0.0268. The number of nitrogens with zero attached hydrogens (tertiary/aromatic N) is 1. The maximum Gasteiger partial charge on any atom is 0.0751 e. The van der Waals surface area contributed by atoms with Gasteiger partial charge in [-0.05, 0) is 61.8 Å². The molecule has 1 saturated carbocycles. The van der Waals surface area contributed by atoms with Crippen molar-refractivity contribution in [3.8, 4) is 0 Å². The van der Waals surface area contributed by atoms with Crippen molar-refractivity contribution in [2.24, 2.45) is 5.92 Å². The predicted octanol–water partition coefficient (Wildman–Crippen LogP) is 3.05. The number of aryl methyl sites for hydroxylation is 1. The highest BCUT2D eigenvalue weighted by Gasteiger charge is 2.49. The normalized spacial score (nSPS) is 25.1. The number of hydrogen-bond acceptors (Lipinski definition) is 2. The maximum atomic E-state index is 10.7. The van der Waals surface area contributed by atoms with E-state index in [4.69, 9.17) is 0 Å². The molecule has 1 aliphatic heterocycles. The van der Waals surface area contributed by atoms with Crippen LogP contribution in [0.4, 0.5) is 5.69 Å². The molecule has 0 amide bonds. The summed E-state index contributed by atoms with van der Waals surface area (Å²) >= 11 is 0. The fourth-order valence-electron chi connectivity index (χ4n) is 3.75. The third-order valence-electron chi connectivity index (χ3n) is 5.04. The molecule has 1 heterocycles. The molecule has 2 aliphatic carbocycles. The molecule has 0 aromatic heterocycles. The van der Waals surface area contributed by atoms with Gasteiger partial charge in [0.05, 0.1) is 5.60 Å². The van der Waals surface area contributed by atoms with Crippen LogP contribution in [0.5, 0.6) is 0 Å². The van der Waals surface area contributed by atoms with Crippen molar-refractivity contribution in [3.63, 3.8) is 0 Å². The summed E-state index contributed by atoms with van der Waals surface area (Å²) in [7, 11) is 0. The van der Waals surface area contributed by atoms with Crippen LogP contribution in [0.1, 0.15) is 31.2 Å². The van der Waals surface area contributed by atoms with Crippen LogP contribution in [0.25, 0.3) is 0 Å². The van der Waals surface area contributed by atoms with Crippen molar-refractivity contribution < 1.29 is 5.11 Å². The maximum absolute atomic E-state index is 10.7. The number of benzene rings is 1. The largest absolute Gasteiger partial charge is 0.389 e. The van der Waals surface area contributed by atoms with E-state index in [0.29, 0.717) is 5.92 Å². The molecule has 0 saturated heterocycles. The van der Waals surface area contributed by atoms with E-state index in [2.05, 4.69) is 36.1 Å². The van der Waals surface area contributed by atoms with Gasteiger partial charge in [0, 0.05) is 18.8 Å². The second-order valence-electron chi connectivity index (χ2n) is 6.63. The zero-order chi connectivity index (χ0) is 13.0. The number of rotatable bonds is 2. The van der Waals surface area contributed by atoms with Crippen LogP contribution in [-0.4, -0.2) is 23.8 Å². The van der Waals surface area contributed by atoms with E-state index in [1.165, 1.54) is 35.2 Å². The molecule has 1 aromatic carbocycles.